The lowest BCUT2D eigenvalue weighted by molar-refractivity contribution is 0.451. The summed E-state index contributed by atoms with van der Waals surface area (Å²) in [4.78, 5) is 16.9. The highest BCUT2D eigenvalue weighted by Crippen LogP contribution is 2.25. The molecule has 0 amide bonds. The van der Waals surface area contributed by atoms with Gasteiger partial charge in [-0.3, -0.25) is 4.79 Å². The van der Waals surface area contributed by atoms with E-state index in [0.717, 1.165) is 4.68 Å². The molecular formula is C17H15ClN6O2. The summed E-state index contributed by atoms with van der Waals surface area (Å²) >= 11 is 5.75. The van der Waals surface area contributed by atoms with Crippen LogP contribution >= 0.6 is 11.6 Å². The third-order valence-corrected chi connectivity index (χ3v) is 4.15. The van der Waals surface area contributed by atoms with Crippen LogP contribution in [-0.2, 0) is 6.42 Å². The zero-order valence-corrected chi connectivity index (χ0v) is 15.1. The SMILES string of the molecule is CCc1nn(-c2c(C)cc(C#N)cc2C)c(=O)c(-n2cnc(Cl)n2)c1O. The van der Waals surface area contributed by atoms with Crippen molar-refractivity contribution < 1.29 is 5.11 Å². The van der Waals surface area contributed by atoms with E-state index >= 15 is 0 Å². The van der Waals surface area contributed by atoms with Crippen molar-refractivity contribution in [2.45, 2.75) is 27.2 Å². The quantitative estimate of drug-likeness (QED) is 0.757. The number of rotatable bonds is 3. The highest BCUT2D eigenvalue weighted by Gasteiger charge is 2.21. The van der Waals surface area contributed by atoms with Gasteiger partial charge in [0.15, 0.2) is 11.4 Å². The van der Waals surface area contributed by atoms with Gasteiger partial charge in [-0.1, -0.05) is 6.92 Å². The first-order valence-corrected chi connectivity index (χ1v) is 8.19. The van der Waals surface area contributed by atoms with Crippen LogP contribution in [0.25, 0.3) is 11.4 Å². The second kappa shape index (κ2) is 6.61. The van der Waals surface area contributed by atoms with E-state index in [-0.39, 0.29) is 16.7 Å². The normalized spacial score (nSPS) is 10.7. The molecule has 26 heavy (non-hydrogen) atoms. The van der Waals surface area contributed by atoms with E-state index in [4.69, 9.17) is 16.9 Å². The average molecular weight is 371 g/mol. The number of benzene rings is 1. The maximum Gasteiger partial charge on any atom is 0.301 e. The van der Waals surface area contributed by atoms with Gasteiger partial charge >= 0.3 is 5.56 Å². The fourth-order valence-corrected chi connectivity index (χ4v) is 2.98. The fourth-order valence-electron chi connectivity index (χ4n) is 2.85. The molecule has 1 N–H and O–H groups in total. The maximum absolute atomic E-state index is 13.1. The molecule has 1 aromatic carbocycles. The molecule has 0 bridgehead atoms. The highest BCUT2D eigenvalue weighted by molar-refractivity contribution is 6.28. The van der Waals surface area contributed by atoms with Crippen LogP contribution in [0.15, 0.2) is 23.3 Å². The zero-order chi connectivity index (χ0) is 19.0. The number of nitriles is 1. The molecule has 0 aliphatic carbocycles. The fraction of sp³-hybridized carbons (Fsp3) is 0.235. The van der Waals surface area contributed by atoms with Crippen molar-refractivity contribution in [3.8, 4) is 23.2 Å². The van der Waals surface area contributed by atoms with Gasteiger partial charge < -0.3 is 5.11 Å². The van der Waals surface area contributed by atoms with Gasteiger partial charge in [0.25, 0.3) is 0 Å². The lowest BCUT2D eigenvalue weighted by Crippen LogP contribution is -2.28. The summed E-state index contributed by atoms with van der Waals surface area (Å²) in [6.07, 6.45) is 1.65. The number of hydrogen-bond donors (Lipinski definition) is 1. The van der Waals surface area contributed by atoms with Crippen molar-refractivity contribution >= 4 is 11.6 Å². The van der Waals surface area contributed by atoms with Crippen molar-refractivity contribution in [3.05, 3.63) is 56.5 Å². The van der Waals surface area contributed by atoms with Crippen LogP contribution in [0.5, 0.6) is 5.75 Å². The summed E-state index contributed by atoms with van der Waals surface area (Å²) in [6.45, 7) is 5.40. The molecule has 0 spiro atoms. The molecular weight excluding hydrogens is 356 g/mol. The van der Waals surface area contributed by atoms with Crippen molar-refractivity contribution in [2.24, 2.45) is 0 Å². The molecule has 132 valence electrons. The molecule has 0 saturated heterocycles. The summed E-state index contributed by atoms with van der Waals surface area (Å²) in [6, 6.07) is 5.45. The first kappa shape index (κ1) is 17.6. The molecule has 2 heterocycles. The maximum atomic E-state index is 13.1. The topological polar surface area (TPSA) is 110 Å². The Morgan fingerprint density at radius 2 is 1.88 bits per heavy atom. The number of halogens is 1. The number of aryl methyl sites for hydroxylation is 3. The molecule has 3 aromatic rings. The van der Waals surface area contributed by atoms with Crippen LogP contribution in [0.3, 0.4) is 0 Å². The van der Waals surface area contributed by atoms with Crippen LogP contribution in [-0.4, -0.2) is 29.7 Å². The van der Waals surface area contributed by atoms with Gasteiger partial charge in [-0.25, -0.2) is 9.67 Å². The monoisotopic (exact) mass is 370 g/mol. The summed E-state index contributed by atoms with van der Waals surface area (Å²) in [5, 5.41) is 27.8. The molecule has 8 nitrogen and oxygen atoms in total. The van der Waals surface area contributed by atoms with Gasteiger partial charge in [-0.05, 0) is 55.1 Å². The van der Waals surface area contributed by atoms with E-state index in [2.05, 4.69) is 21.3 Å². The molecule has 9 heteroatoms. The minimum Gasteiger partial charge on any atom is -0.504 e. The predicted octanol–water partition coefficient (Wildman–Crippen LogP) is 2.22. The number of nitrogens with zero attached hydrogens (tertiary/aromatic N) is 6. The smallest absolute Gasteiger partial charge is 0.301 e. The second-order valence-corrected chi connectivity index (χ2v) is 6.08. The molecule has 2 aromatic heterocycles. The Labute approximate surface area is 153 Å². The van der Waals surface area contributed by atoms with E-state index in [0.29, 0.717) is 34.5 Å². The largest absolute Gasteiger partial charge is 0.504 e. The Balaban J connectivity index is 2.38. The molecule has 0 fully saturated rings. The van der Waals surface area contributed by atoms with E-state index in [1.165, 1.54) is 11.0 Å². The highest BCUT2D eigenvalue weighted by atomic mass is 35.5. The van der Waals surface area contributed by atoms with Gasteiger partial charge in [-0.15, -0.1) is 5.10 Å². The predicted molar refractivity (Wildman–Crippen MR) is 95.0 cm³/mol. The van der Waals surface area contributed by atoms with Crippen molar-refractivity contribution in [3.63, 3.8) is 0 Å². The average Bonchev–Trinajstić information content (AvgIpc) is 3.02. The zero-order valence-electron chi connectivity index (χ0n) is 14.4. The Morgan fingerprint density at radius 3 is 2.38 bits per heavy atom. The lowest BCUT2D eigenvalue weighted by atomic mass is 10.0. The molecule has 3 rings (SSSR count). The van der Waals surface area contributed by atoms with E-state index in [9.17, 15) is 9.90 Å². The summed E-state index contributed by atoms with van der Waals surface area (Å²) in [7, 11) is 0. The number of aromatic hydroxyl groups is 1. The Kier molecular flexibility index (Phi) is 4.49. The van der Waals surface area contributed by atoms with Gasteiger partial charge in [0, 0.05) is 0 Å². The van der Waals surface area contributed by atoms with Crippen LogP contribution < -0.4 is 5.56 Å². The third kappa shape index (κ3) is 2.82. The summed E-state index contributed by atoms with van der Waals surface area (Å²) in [5.74, 6) is -0.265. The molecule has 0 atom stereocenters. The molecule has 0 unspecified atom stereocenters. The first-order chi connectivity index (χ1) is 12.4. The summed E-state index contributed by atoms with van der Waals surface area (Å²) in [5.41, 5.74) is 2.15. The van der Waals surface area contributed by atoms with E-state index < -0.39 is 5.56 Å². The Morgan fingerprint density at radius 1 is 1.23 bits per heavy atom. The van der Waals surface area contributed by atoms with E-state index in [1.807, 2.05) is 6.92 Å². The van der Waals surface area contributed by atoms with Crippen LogP contribution in [0.4, 0.5) is 0 Å². The number of hydrogen-bond acceptors (Lipinski definition) is 6. The van der Waals surface area contributed by atoms with Gasteiger partial charge in [0.1, 0.15) is 12.0 Å². The minimum absolute atomic E-state index is 0.0454. The van der Waals surface area contributed by atoms with Crippen molar-refractivity contribution in [1.82, 2.24) is 24.5 Å². The van der Waals surface area contributed by atoms with Crippen molar-refractivity contribution in [1.29, 1.82) is 5.26 Å². The Hall–Kier alpha value is -3.18. The van der Waals surface area contributed by atoms with Gasteiger partial charge in [0.05, 0.1) is 17.3 Å². The van der Waals surface area contributed by atoms with E-state index in [1.54, 1.807) is 26.0 Å². The molecule has 0 saturated carbocycles. The molecule has 0 aliphatic rings. The van der Waals surface area contributed by atoms with Gasteiger partial charge in [0.2, 0.25) is 5.28 Å². The van der Waals surface area contributed by atoms with Crippen LogP contribution in [0.1, 0.15) is 29.3 Å². The minimum atomic E-state index is -0.572. The van der Waals surface area contributed by atoms with Crippen LogP contribution in [0.2, 0.25) is 5.28 Å². The summed E-state index contributed by atoms with van der Waals surface area (Å²) < 4.78 is 2.35. The second-order valence-electron chi connectivity index (χ2n) is 5.74. The number of aromatic nitrogens is 5. The molecule has 0 aliphatic heterocycles. The van der Waals surface area contributed by atoms with Crippen molar-refractivity contribution in [2.75, 3.05) is 0 Å². The van der Waals surface area contributed by atoms with Gasteiger partial charge in [-0.2, -0.15) is 15.0 Å². The lowest BCUT2D eigenvalue weighted by Gasteiger charge is -2.16. The first-order valence-electron chi connectivity index (χ1n) is 7.81. The van der Waals surface area contributed by atoms with Crippen LogP contribution in [0, 0.1) is 25.2 Å². The standard InChI is InChI=1S/C17H15ClN6O2/c1-4-12-15(25)14(23-8-20-17(18)22-23)16(26)24(21-12)13-9(2)5-11(7-19)6-10(13)3/h5-6,8,25H,4H2,1-3H3. The third-order valence-electron chi connectivity index (χ3n) is 3.97. The Bertz CT molecular complexity index is 1090. The molecule has 0 radical (unpaired) electrons.